The summed E-state index contributed by atoms with van der Waals surface area (Å²) in [5, 5.41) is 3.60. The van der Waals surface area contributed by atoms with Gasteiger partial charge in [-0.15, -0.1) is 0 Å². The molecule has 2 aromatic carbocycles. The number of aromatic nitrogens is 2. The maximum absolute atomic E-state index is 13.3. The highest BCUT2D eigenvalue weighted by Gasteiger charge is 2.17. The quantitative estimate of drug-likeness (QED) is 0.460. The summed E-state index contributed by atoms with van der Waals surface area (Å²) in [6.07, 6.45) is 1.65. The predicted molar refractivity (Wildman–Crippen MR) is 123 cm³/mol. The van der Waals surface area contributed by atoms with E-state index in [-0.39, 0.29) is 11.1 Å². The van der Waals surface area contributed by atoms with Crippen molar-refractivity contribution in [1.82, 2.24) is 9.55 Å². The summed E-state index contributed by atoms with van der Waals surface area (Å²) >= 11 is 3.42. The van der Waals surface area contributed by atoms with Crippen LogP contribution < -0.4 is 10.9 Å². The van der Waals surface area contributed by atoms with E-state index in [0.717, 1.165) is 26.5 Å². The van der Waals surface area contributed by atoms with Gasteiger partial charge < -0.3 is 5.32 Å². The Morgan fingerprint density at radius 1 is 1.07 bits per heavy atom. The highest BCUT2D eigenvalue weighted by Crippen LogP contribution is 2.21. The van der Waals surface area contributed by atoms with Gasteiger partial charge in [0, 0.05) is 21.7 Å². The number of anilines is 1. The molecule has 0 saturated heterocycles. The first-order valence-corrected chi connectivity index (χ1v) is 10.3. The molecule has 150 valence electrons. The summed E-state index contributed by atoms with van der Waals surface area (Å²) in [6, 6.07) is 18.8. The Morgan fingerprint density at radius 3 is 2.57 bits per heavy atom. The Hall–Kier alpha value is -3.25. The summed E-state index contributed by atoms with van der Waals surface area (Å²) < 4.78 is 2.49. The van der Waals surface area contributed by atoms with E-state index in [0.29, 0.717) is 17.9 Å². The third-order valence-electron chi connectivity index (χ3n) is 4.99. The van der Waals surface area contributed by atoms with Crippen molar-refractivity contribution in [2.75, 3.05) is 5.32 Å². The van der Waals surface area contributed by atoms with Crippen molar-refractivity contribution in [3.63, 3.8) is 0 Å². The van der Waals surface area contributed by atoms with Crippen LogP contribution in [0.2, 0.25) is 0 Å². The highest BCUT2D eigenvalue weighted by molar-refractivity contribution is 9.10. The summed E-state index contributed by atoms with van der Waals surface area (Å²) in [6.45, 7) is 4.26. The van der Waals surface area contributed by atoms with Gasteiger partial charge in [0.15, 0.2) is 0 Å². The molecule has 0 spiro atoms. The number of nitrogens with zero attached hydrogens (tertiary/aromatic N) is 2. The summed E-state index contributed by atoms with van der Waals surface area (Å²) in [5.41, 5.74) is 3.96. The number of amides is 1. The van der Waals surface area contributed by atoms with Gasteiger partial charge in [0.2, 0.25) is 0 Å². The van der Waals surface area contributed by atoms with Crippen LogP contribution in [0.15, 0.2) is 76.1 Å². The van der Waals surface area contributed by atoms with Gasteiger partial charge in [-0.1, -0.05) is 45.8 Å². The van der Waals surface area contributed by atoms with E-state index in [1.54, 1.807) is 22.9 Å². The fourth-order valence-electron chi connectivity index (χ4n) is 3.35. The van der Waals surface area contributed by atoms with Crippen molar-refractivity contribution in [2.45, 2.75) is 20.4 Å². The number of aryl methyl sites for hydroxylation is 2. The van der Waals surface area contributed by atoms with Crippen LogP contribution in [-0.4, -0.2) is 15.5 Å². The number of pyridine rings is 2. The Balaban J connectivity index is 1.78. The molecule has 2 heterocycles. The van der Waals surface area contributed by atoms with Gasteiger partial charge in [-0.3, -0.25) is 14.2 Å². The van der Waals surface area contributed by atoms with E-state index < -0.39 is 5.91 Å². The van der Waals surface area contributed by atoms with Gasteiger partial charge in [-0.2, -0.15) is 0 Å². The predicted octanol–water partition coefficient (Wildman–Crippen LogP) is 5.08. The van der Waals surface area contributed by atoms with Gasteiger partial charge in [-0.25, -0.2) is 4.98 Å². The van der Waals surface area contributed by atoms with E-state index in [1.165, 1.54) is 0 Å². The molecule has 0 unspecified atom stereocenters. The smallest absolute Gasteiger partial charge is 0.265 e. The number of carbonyl (C=O) groups is 1. The molecule has 0 bridgehead atoms. The van der Waals surface area contributed by atoms with Crippen molar-refractivity contribution in [1.29, 1.82) is 0 Å². The minimum atomic E-state index is -0.436. The number of nitrogens with one attached hydrogen (secondary N) is 1. The maximum atomic E-state index is 13.3. The summed E-state index contributed by atoms with van der Waals surface area (Å²) in [7, 11) is 0. The van der Waals surface area contributed by atoms with Crippen molar-refractivity contribution in [3.8, 4) is 0 Å². The minimum Gasteiger partial charge on any atom is -0.322 e. The summed E-state index contributed by atoms with van der Waals surface area (Å²) in [4.78, 5) is 30.7. The first-order valence-electron chi connectivity index (χ1n) is 9.54. The number of rotatable bonds is 4. The Morgan fingerprint density at radius 2 is 1.83 bits per heavy atom. The monoisotopic (exact) mass is 461 g/mol. The Bertz CT molecular complexity index is 1310. The average molecular weight is 462 g/mol. The lowest BCUT2D eigenvalue weighted by Gasteiger charge is -2.13. The topological polar surface area (TPSA) is 64.0 Å². The number of fused-ring (bicyclic) bond motifs is 1. The lowest BCUT2D eigenvalue weighted by Crippen LogP contribution is -2.30. The first kappa shape index (κ1) is 20.0. The largest absolute Gasteiger partial charge is 0.322 e. The molecule has 0 fully saturated rings. The van der Waals surface area contributed by atoms with Crippen LogP contribution in [0.4, 0.5) is 5.69 Å². The number of halogens is 1. The molecule has 5 nitrogen and oxygen atoms in total. The van der Waals surface area contributed by atoms with E-state index in [9.17, 15) is 9.59 Å². The minimum absolute atomic E-state index is 0.0879. The number of benzene rings is 2. The summed E-state index contributed by atoms with van der Waals surface area (Å²) in [5.74, 6) is -0.436. The zero-order valence-electron chi connectivity index (χ0n) is 16.6. The second kappa shape index (κ2) is 8.24. The van der Waals surface area contributed by atoms with Gasteiger partial charge >= 0.3 is 0 Å². The van der Waals surface area contributed by atoms with Gasteiger partial charge in [0.1, 0.15) is 11.2 Å². The molecule has 0 aliphatic rings. The lowest BCUT2D eigenvalue weighted by molar-refractivity contribution is 0.102. The third kappa shape index (κ3) is 4.04. The van der Waals surface area contributed by atoms with Crippen LogP contribution in [0, 0.1) is 13.8 Å². The molecule has 4 aromatic rings. The van der Waals surface area contributed by atoms with Crippen molar-refractivity contribution >= 4 is 38.6 Å². The zero-order valence-corrected chi connectivity index (χ0v) is 18.2. The van der Waals surface area contributed by atoms with Gasteiger partial charge in [0.25, 0.3) is 11.5 Å². The molecule has 0 atom stereocenters. The van der Waals surface area contributed by atoms with Crippen LogP contribution in [0.25, 0.3) is 11.0 Å². The molecule has 0 aliphatic heterocycles. The lowest BCUT2D eigenvalue weighted by atomic mass is 10.1. The van der Waals surface area contributed by atoms with E-state index in [2.05, 4.69) is 26.2 Å². The number of hydrogen-bond acceptors (Lipinski definition) is 3. The molecule has 0 radical (unpaired) electrons. The first-order chi connectivity index (χ1) is 14.4. The van der Waals surface area contributed by atoms with Crippen LogP contribution in [-0.2, 0) is 6.54 Å². The van der Waals surface area contributed by atoms with Crippen LogP contribution in [0.5, 0.6) is 0 Å². The van der Waals surface area contributed by atoms with E-state index in [1.807, 2.05) is 62.4 Å². The second-order valence-corrected chi connectivity index (χ2v) is 8.18. The molecule has 0 aliphatic carbocycles. The standard InChI is InChI=1S/C24H20BrN3O2/c1-15-5-7-17(8-6-15)14-28-22-18(4-3-11-26-22)13-20(24(28)30)23(29)27-21-10-9-19(25)12-16(21)2/h3-13H,14H2,1-2H3,(H,27,29). The third-order valence-corrected chi connectivity index (χ3v) is 5.48. The van der Waals surface area contributed by atoms with E-state index >= 15 is 0 Å². The van der Waals surface area contributed by atoms with E-state index in [4.69, 9.17) is 0 Å². The molecule has 2 aromatic heterocycles. The zero-order chi connectivity index (χ0) is 21.3. The number of carbonyl (C=O) groups excluding carboxylic acids is 1. The molecule has 1 amide bonds. The normalized spacial score (nSPS) is 10.9. The maximum Gasteiger partial charge on any atom is 0.265 e. The van der Waals surface area contributed by atoms with Crippen molar-refractivity contribution < 1.29 is 4.79 Å². The second-order valence-electron chi connectivity index (χ2n) is 7.26. The van der Waals surface area contributed by atoms with Crippen LogP contribution >= 0.6 is 15.9 Å². The molecular formula is C24H20BrN3O2. The molecule has 6 heteroatoms. The average Bonchev–Trinajstić information content (AvgIpc) is 2.73. The van der Waals surface area contributed by atoms with Gasteiger partial charge in [0.05, 0.1) is 6.54 Å². The molecule has 30 heavy (non-hydrogen) atoms. The number of hydrogen-bond donors (Lipinski definition) is 1. The van der Waals surface area contributed by atoms with Crippen molar-refractivity contribution in [3.05, 3.63) is 104 Å². The highest BCUT2D eigenvalue weighted by atomic mass is 79.9. The molecule has 4 rings (SSSR count). The fraction of sp³-hybridized carbons (Fsp3) is 0.125. The van der Waals surface area contributed by atoms with Crippen molar-refractivity contribution in [2.24, 2.45) is 0 Å². The SMILES string of the molecule is Cc1ccc(Cn2c(=O)c(C(=O)Nc3ccc(Br)cc3C)cc3cccnc32)cc1. The molecule has 0 saturated carbocycles. The Labute approximate surface area is 182 Å². The van der Waals surface area contributed by atoms with Crippen LogP contribution in [0.3, 0.4) is 0 Å². The molecular weight excluding hydrogens is 442 g/mol. The van der Waals surface area contributed by atoms with Gasteiger partial charge in [-0.05, 0) is 61.4 Å². The Kier molecular flexibility index (Phi) is 5.50. The van der Waals surface area contributed by atoms with Crippen LogP contribution in [0.1, 0.15) is 27.0 Å². The molecule has 1 N–H and O–H groups in total. The fourth-order valence-corrected chi connectivity index (χ4v) is 3.82.